The fraction of sp³-hybridized carbons (Fsp3) is 0.167. The van der Waals surface area contributed by atoms with E-state index in [1.807, 2.05) is 0 Å². The summed E-state index contributed by atoms with van der Waals surface area (Å²) in [5, 5.41) is 0. The lowest BCUT2D eigenvalue weighted by Gasteiger charge is -2.15. The molecule has 0 amide bonds. The molecule has 2 aromatic rings. The highest BCUT2D eigenvalue weighted by Gasteiger charge is 2.21. The molecule has 0 radical (unpaired) electrons. The van der Waals surface area contributed by atoms with Crippen molar-refractivity contribution in [1.29, 1.82) is 0 Å². The summed E-state index contributed by atoms with van der Waals surface area (Å²) in [4.78, 5) is 8.04. The summed E-state index contributed by atoms with van der Waals surface area (Å²) in [6.07, 6.45) is 2.90. The largest absolute Gasteiger partial charge is 0.480 e. The highest BCUT2D eigenvalue weighted by molar-refractivity contribution is 9.10. The van der Waals surface area contributed by atoms with E-state index in [4.69, 9.17) is 10.5 Å². The third kappa shape index (κ3) is 2.57. The van der Waals surface area contributed by atoms with Crippen molar-refractivity contribution in [3.05, 3.63) is 51.9 Å². The van der Waals surface area contributed by atoms with Gasteiger partial charge in [0.2, 0.25) is 5.88 Å². The Balaban J connectivity index is 2.50. The number of benzene rings is 1. The zero-order chi connectivity index (χ0) is 14.0. The molecule has 0 aliphatic rings. The van der Waals surface area contributed by atoms with Crippen LogP contribution in [0.25, 0.3) is 0 Å². The zero-order valence-corrected chi connectivity index (χ0v) is 11.5. The number of halogens is 3. The second kappa shape index (κ2) is 5.58. The molecule has 1 unspecified atom stereocenters. The zero-order valence-electron chi connectivity index (χ0n) is 9.90. The SMILES string of the molecule is COc1nccnc1C(N)c1ccc(F)c(F)c1Br. The molecule has 19 heavy (non-hydrogen) atoms. The minimum Gasteiger partial charge on any atom is -0.480 e. The maximum Gasteiger partial charge on any atom is 0.237 e. The predicted octanol–water partition coefficient (Wildman–Crippen LogP) is 2.57. The summed E-state index contributed by atoms with van der Waals surface area (Å²) in [5.41, 5.74) is 6.71. The van der Waals surface area contributed by atoms with Gasteiger partial charge >= 0.3 is 0 Å². The van der Waals surface area contributed by atoms with Crippen LogP contribution < -0.4 is 10.5 Å². The first-order chi connectivity index (χ1) is 9.06. The van der Waals surface area contributed by atoms with Gasteiger partial charge in [0.1, 0.15) is 5.69 Å². The van der Waals surface area contributed by atoms with Gasteiger partial charge in [0.25, 0.3) is 0 Å². The molecule has 2 rings (SSSR count). The highest BCUT2D eigenvalue weighted by atomic mass is 79.9. The van der Waals surface area contributed by atoms with Crippen LogP contribution in [0.3, 0.4) is 0 Å². The van der Waals surface area contributed by atoms with Gasteiger partial charge in [-0.2, -0.15) is 0 Å². The smallest absolute Gasteiger partial charge is 0.237 e. The number of nitrogens with two attached hydrogens (primary N) is 1. The molecular formula is C12H10BrF2N3O. The van der Waals surface area contributed by atoms with Crippen molar-refractivity contribution in [2.75, 3.05) is 7.11 Å². The van der Waals surface area contributed by atoms with Crippen molar-refractivity contribution in [3.63, 3.8) is 0 Å². The minimum absolute atomic E-state index is 0.0345. The Morgan fingerprint density at radius 1 is 1.26 bits per heavy atom. The molecule has 0 fully saturated rings. The maximum absolute atomic E-state index is 13.5. The second-order valence-corrected chi connectivity index (χ2v) is 4.49. The summed E-state index contributed by atoms with van der Waals surface area (Å²) >= 11 is 2.99. The van der Waals surface area contributed by atoms with Gasteiger partial charge in [0.15, 0.2) is 11.6 Å². The van der Waals surface area contributed by atoms with E-state index in [1.165, 1.54) is 25.6 Å². The fourth-order valence-electron chi connectivity index (χ4n) is 1.63. The molecule has 0 saturated carbocycles. The third-order valence-electron chi connectivity index (χ3n) is 2.58. The predicted molar refractivity (Wildman–Crippen MR) is 68.7 cm³/mol. The quantitative estimate of drug-likeness (QED) is 0.879. The number of methoxy groups -OCH3 is 1. The summed E-state index contributed by atoms with van der Waals surface area (Å²) < 4.78 is 31.6. The number of nitrogens with zero attached hydrogens (tertiary/aromatic N) is 2. The first-order valence-corrected chi connectivity index (χ1v) is 6.09. The minimum atomic E-state index is -0.990. The average Bonchev–Trinajstić information content (AvgIpc) is 2.44. The molecule has 1 aromatic heterocycles. The van der Waals surface area contributed by atoms with Crippen LogP contribution in [0.2, 0.25) is 0 Å². The molecule has 7 heteroatoms. The molecule has 0 aliphatic heterocycles. The second-order valence-electron chi connectivity index (χ2n) is 3.69. The molecule has 1 heterocycles. The lowest BCUT2D eigenvalue weighted by atomic mass is 10.0. The summed E-state index contributed by atoms with van der Waals surface area (Å²) in [6, 6.07) is 1.62. The molecule has 100 valence electrons. The van der Waals surface area contributed by atoms with Crippen molar-refractivity contribution in [1.82, 2.24) is 9.97 Å². The lowest BCUT2D eigenvalue weighted by Crippen LogP contribution is -2.16. The van der Waals surface area contributed by atoms with Gasteiger partial charge < -0.3 is 10.5 Å². The molecule has 4 nitrogen and oxygen atoms in total. The highest BCUT2D eigenvalue weighted by Crippen LogP contribution is 2.31. The van der Waals surface area contributed by atoms with Crippen molar-refractivity contribution >= 4 is 15.9 Å². The van der Waals surface area contributed by atoms with Crippen molar-refractivity contribution in [3.8, 4) is 5.88 Å². The molecule has 0 aliphatic carbocycles. The maximum atomic E-state index is 13.5. The van der Waals surface area contributed by atoms with Gasteiger partial charge in [-0.3, -0.25) is 4.98 Å². The van der Waals surface area contributed by atoms with E-state index in [0.717, 1.165) is 6.07 Å². The molecule has 0 bridgehead atoms. The van der Waals surface area contributed by atoms with Crippen LogP contribution >= 0.6 is 15.9 Å². The van der Waals surface area contributed by atoms with Crippen molar-refractivity contribution in [2.24, 2.45) is 5.73 Å². The van der Waals surface area contributed by atoms with Crippen LogP contribution in [0.5, 0.6) is 5.88 Å². The summed E-state index contributed by atoms with van der Waals surface area (Å²) in [6.45, 7) is 0. The number of rotatable bonds is 3. The van der Waals surface area contributed by atoms with E-state index in [9.17, 15) is 8.78 Å². The van der Waals surface area contributed by atoms with Crippen LogP contribution in [0.4, 0.5) is 8.78 Å². The van der Waals surface area contributed by atoms with Crippen molar-refractivity contribution < 1.29 is 13.5 Å². The normalized spacial score (nSPS) is 12.3. The molecule has 1 aromatic carbocycles. The van der Waals surface area contributed by atoms with Crippen LogP contribution in [-0.4, -0.2) is 17.1 Å². The lowest BCUT2D eigenvalue weighted by molar-refractivity contribution is 0.387. The molecule has 0 saturated heterocycles. The first-order valence-electron chi connectivity index (χ1n) is 5.30. The number of hydrogen-bond donors (Lipinski definition) is 1. The van der Waals surface area contributed by atoms with E-state index in [2.05, 4.69) is 25.9 Å². The van der Waals surface area contributed by atoms with Gasteiger partial charge in [-0.1, -0.05) is 6.07 Å². The summed E-state index contributed by atoms with van der Waals surface area (Å²) in [7, 11) is 1.43. The van der Waals surface area contributed by atoms with E-state index in [1.54, 1.807) is 0 Å². The van der Waals surface area contributed by atoms with Gasteiger partial charge in [0.05, 0.1) is 17.6 Å². The Labute approximate surface area is 116 Å². The van der Waals surface area contributed by atoms with E-state index in [-0.39, 0.29) is 10.4 Å². The molecule has 0 spiro atoms. The third-order valence-corrected chi connectivity index (χ3v) is 3.39. The van der Waals surface area contributed by atoms with Crippen LogP contribution in [-0.2, 0) is 0 Å². The molecule has 1 atom stereocenters. The van der Waals surface area contributed by atoms with E-state index >= 15 is 0 Å². The van der Waals surface area contributed by atoms with E-state index < -0.39 is 17.7 Å². The Morgan fingerprint density at radius 3 is 2.63 bits per heavy atom. The molecule has 2 N–H and O–H groups in total. The van der Waals surface area contributed by atoms with Crippen LogP contribution in [0, 0.1) is 11.6 Å². The number of aromatic nitrogens is 2. The number of ether oxygens (including phenoxy) is 1. The number of hydrogen-bond acceptors (Lipinski definition) is 4. The topological polar surface area (TPSA) is 61.0 Å². The van der Waals surface area contributed by atoms with Gasteiger partial charge in [-0.05, 0) is 27.6 Å². The fourth-order valence-corrected chi connectivity index (χ4v) is 2.20. The molecular weight excluding hydrogens is 320 g/mol. The van der Waals surface area contributed by atoms with Gasteiger partial charge in [-0.15, -0.1) is 0 Å². The van der Waals surface area contributed by atoms with Crippen LogP contribution in [0.1, 0.15) is 17.3 Å². The van der Waals surface area contributed by atoms with Crippen LogP contribution in [0.15, 0.2) is 29.0 Å². The monoisotopic (exact) mass is 329 g/mol. The first kappa shape index (κ1) is 13.8. The van der Waals surface area contributed by atoms with Gasteiger partial charge in [0, 0.05) is 12.4 Å². The standard InChI is InChI=1S/C12H10BrF2N3O/c1-19-12-11(17-4-5-18-12)10(16)6-2-3-7(14)9(15)8(6)13/h2-5,10H,16H2,1H3. The Bertz CT molecular complexity index is 610. The van der Waals surface area contributed by atoms with Gasteiger partial charge in [-0.25, -0.2) is 13.8 Å². The Hall–Kier alpha value is -1.60. The average molecular weight is 330 g/mol. The van der Waals surface area contributed by atoms with Crippen molar-refractivity contribution in [2.45, 2.75) is 6.04 Å². The Kier molecular flexibility index (Phi) is 4.06. The Morgan fingerprint density at radius 2 is 1.95 bits per heavy atom. The summed E-state index contributed by atoms with van der Waals surface area (Å²) in [5.74, 6) is -1.70. The van der Waals surface area contributed by atoms with E-state index in [0.29, 0.717) is 11.3 Å².